The Labute approximate surface area is 151 Å². The van der Waals surface area contributed by atoms with Crippen molar-refractivity contribution in [2.45, 2.75) is 13.8 Å². The van der Waals surface area contributed by atoms with E-state index in [0.717, 1.165) is 33.7 Å². The molecular formula is C20H20N4O2. The minimum Gasteiger partial charge on any atom is -0.497 e. The Kier molecular flexibility index (Phi) is 5.12. The second-order valence-electron chi connectivity index (χ2n) is 6.00. The van der Waals surface area contributed by atoms with Crippen molar-refractivity contribution in [2.24, 2.45) is 5.10 Å². The van der Waals surface area contributed by atoms with Gasteiger partial charge >= 0.3 is 0 Å². The number of H-pyrrole nitrogens is 1. The van der Waals surface area contributed by atoms with Gasteiger partial charge in [0.05, 0.1) is 25.2 Å². The molecule has 0 atom stereocenters. The molecule has 6 nitrogen and oxygen atoms in total. The van der Waals surface area contributed by atoms with Crippen LogP contribution in [0.3, 0.4) is 0 Å². The quantitative estimate of drug-likeness (QED) is 0.547. The van der Waals surface area contributed by atoms with Gasteiger partial charge in [0.15, 0.2) is 0 Å². The highest BCUT2D eigenvalue weighted by molar-refractivity contribution is 5.96. The predicted octanol–water partition coefficient (Wildman–Crippen LogP) is 3.47. The van der Waals surface area contributed by atoms with Crippen molar-refractivity contribution >= 4 is 12.1 Å². The molecule has 2 N–H and O–H groups in total. The van der Waals surface area contributed by atoms with Crippen molar-refractivity contribution in [2.75, 3.05) is 7.11 Å². The molecule has 1 amide bonds. The SMILES string of the molecule is COc1ccc(-c2[nH]ncc2/C=N/NC(=O)c2cc(C)cc(C)c2)cc1. The van der Waals surface area contributed by atoms with Crippen LogP contribution in [0.2, 0.25) is 0 Å². The summed E-state index contributed by atoms with van der Waals surface area (Å²) in [5, 5.41) is 11.1. The normalized spacial score (nSPS) is 10.9. The van der Waals surface area contributed by atoms with Gasteiger partial charge in [0.1, 0.15) is 5.75 Å². The smallest absolute Gasteiger partial charge is 0.271 e. The first-order valence-corrected chi connectivity index (χ1v) is 8.16. The minimum atomic E-state index is -0.248. The Morgan fingerprint density at radius 3 is 2.50 bits per heavy atom. The van der Waals surface area contributed by atoms with Crippen LogP contribution in [-0.2, 0) is 0 Å². The van der Waals surface area contributed by atoms with Gasteiger partial charge in [-0.1, -0.05) is 17.2 Å². The lowest BCUT2D eigenvalue weighted by molar-refractivity contribution is 0.0955. The maximum absolute atomic E-state index is 12.2. The Bertz CT molecular complexity index is 922. The van der Waals surface area contributed by atoms with E-state index >= 15 is 0 Å². The molecule has 2 aromatic carbocycles. The van der Waals surface area contributed by atoms with Gasteiger partial charge in [0.2, 0.25) is 0 Å². The van der Waals surface area contributed by atoms with Gasteiger partial charge in [-0.15, -0.1) is 0 Å². The van der Waals surface area contributed by atoms with Crippen molar-refractivity contribution in [1.29, 1.82) is 0 Å². The molecule has 1 heterocycles. The number of aromatic amines is 1. The number of hydrazone groups is 1. The molecule has 3 aromatic rings. The number of hydrogen-bond acceptors (Lipinski definition) is 4. The van der Waals surface area contributed by atoms with E-state index in [4.69, 9.17) is 4.74 Å². The Morgan fingerprint density at radius 1 is 1.15 bits per heavy atom. The zero-order chi connectivity index (χ0) is 18.5. The van der Waals surface area contributed by atoms with Crippen LogP contribution in [-0.4, -0.2) is 29.4 Å². The fraction of sp³-hybridized carbons (Fsp3) is 0.150. The Balaban J connectivity index is 1.73. The van der Waals surface area contributed by atoms with Crippen molar-refractivity contribution in [1.82, 2.24) is 15.6 Å². The van der Waals surface area contributed by atoms with Crippen molar-refractivity contribution in [3.63, 3.8) is 0 Å². The molecule has 0 saturated heterocycles. The summed E-state index contributed by atoms with van der Waals surface area (Å²) >= 11 is 0. The number of amides is 1. The fourth-order valence-electron chi connectivity index (χ4n) is 2.71. The highest BCUT2D eigenvalue weighted by atomic mass is 16.5. The summed E-state index contributed by atoms with van der Waals surface area (Å²) in [6.45, 7) is 3.92. The molecule has 0 aliphatic carbocycles. The van der Waals surface area contributed by atoms with E-state index in [2.05, 4.69) is 20.7 Å². The molecular weight excluding hydrogens is 328 g/mol. The lowest BCUT2D eigenvalue weighted by Crippen LogP contribution is -2.17. The first-order chi connectivity index (χ1) is 12.6. The first-order valence-electron chi connectivity index (χ1n) is 8.16. The van der Waals surface area contributed by atoms with Gasteiger partial charge in [-0.3, -0.25) is 9.89 Å². The molecule has 0 saturated carbocycles. The molecule has 6 heteroatoms. The first kappa shape index (κ1) is 17.4. The molecule has 26 heavy (non-hydrogen) atoms. The number of ether oxygens (including phenoxy) is 1. The van der Waals surface area contributed by atoms with Gasteiger partial charge < -0.3 is 4.74 Å². The largest absolute Gasteiger partial charge is 0.497 e. The van der Waals surface area contributed by atoms with Crippen LogP contribution in [0.25, 0.3) is 11.3 Å². The average molecular weight is 348 g/mol. The second kappa shape index (κ2) is 7.65. The van der Waals surface area contributed by atoms with E-state index in [-0.39, 0.29) is 5.91 Å². The highest BCUT2D eigenvalue weighted by Gasteiger charge is 2.08. The number of rotatable bonds is 5. The summed E-state index contributed by atoms with van der Waals surface area (Å²) in [7, 11) is 1.63. The lowest BCUT2D eigenvalue weighted by Gasteiger charge is -2.04. The maximum atomic E-state index is 12.2. The fourth-order valence-corrected chi connectivity index (χ4v) is 2.71. The summed E-state index contributed by atoms with van der Waals surface area (Å²) in [6.07, 6.45) is 3.23. The van der Waals surface area contributed by atoms with Gasteiger partial charge in [0.25, 0.3) is 5.91 Å². The van der Waals surface area contributed by atoms with Crippen LogP contribution in [0, 0.1) is 13.8 Å². The second-order valence-corrected chi connectivity index (χ2v) is 6.00. The van der Waals surface area contributed by atoms with E-state index < -0.39 is 0 Å². The molecule has 0 aliphatic rings. The summed E-state index contributed by atoms with van der Waals surface area (Å²) in [6, 6.07) is 13.3. The van der Waals surface area contributed by atoms with Crippen molar-refractivity contribution in [3.05, 3.63) is 70.9 Å². The highest BCUT2D eigenvalue weighted by Crippen LogP contribution is 2.22. The number of methoxy groups -OCH3 is 1. The number of carbonyl (C=O) groups excluding carboxylic acids is 1. The zero-order valence-corrected chi connectivity index (χ0v) is 14.9. The third-order valence-corrected chi connectivity index (χ3v) is 3.90. The summed E-state index contributed by atoms with van der Waals surface area (Å²) < 4.78 is 5.17. The topological polar surface area (TPSA) is 79.4 Å². The number of carbonyl (C=O) groups is 1. The van der Waals surface area contributed by atoms with Gasteiger partial charge in [-0.2, -0.15) is 10.2 Å². The third kappa shape index (κ3) is 3.97. The van der Waals surface area contributed by atoms with E-state index in [1.165, 1.54) is 0 Å². The van der Waals surface area contributed by atoms with Crippen molar-refractivity contribution < 1.29 is 9.53 Å². The zero-order valence-electron chi connectivity index (χ0n) is 14.9. The van der Waals surface area contributed by atoms with Crippen LogP contribution in [0.4, 0.5) is 0 Å². The third-order valence-electron chi connectivity index (χ3n) is 3.90. The Morgan fingerprint density at radius 2 is 1.85 bits per heavy atom. The summed E-state index contributed by atoms with van der Waals surface area (Å²) in [5.74, 6) is 0.534. The van der Waals surface area contributed by atoms with Crippen LogP contribution in [0.5, 0.6) is 5.75 Å². The number of aryl methyl sites for hydroxylation is 2. The number of aromatic nitrogens is 2. The predicted molar refractivity (Wildman–Crippen MR) is 102 cm³/mol. The maximum Gasteiger partial charge on any atom is 0.271 e. The van der Waals surface area contributed by atoms with Crippen LogP contribution >= 0.6 is 0 Å². The molecule has 0 unspecified atom stereocenters. The number of nitrogens with zero attached hydrogens (tertiary/aromatic N) is 2. The Hall–Kier alpha value is -3.41. The minimum absolute atomic E-state index is 0.248. The van der Waals surface area contributed by atoms with Crippen LogP contribution in [0.15, 0.2) is 53.8 Å². The lowest BCUT2D eigenvalue weighted by atomic mass is 10.1. The molecule has 0 radical (unpaired) electrons. The van der Waals surface area contributed by atoms with E-state index in [1.807, 2.05) is 56.3 Å². The van der Waals surface area contributed by atoms with Gasteiger partial charge in [0, 0.05) is 16.7 Å². The molecule has 132 valence electrons. The van der Waals surface area contributed by atoms with Crippen LogP contribution < -0.4 is 10.2 Å². The molecule has 1 aromatic heterocycles. The number of nitrogens with one attached hydrogen (secondary N) is 2. The van der Waals surface area contributed by atoms with E-state index in [0.29, 0.717) is 5.56 Å². The van der Waals surface area contributed by atoms with Crippen LogP contribution in [0.1, 0.15) is 27.0 Å². The number of hydrogen-bond donors (Lipinski definition) is 2. The number of benzene rings is 2. The summed E-state index contributed by atoms with van der Waals surface area (Å²) in [5.41, 5.74) is 7.76. The summed E-state index contributed by atoms with van der Waals surface area (Å²) in [4.78, 5) is 12.2. The van der Waals surface area contributed by atoms with Gasteiger partial charge in [-0.05, 0) is 50.2 Å². The molecule has 0 bridgehead atoms. The van der Waals surface area contributed by atoms with E-state index in [9.17, 15) is 4.79 Å². The molecule has 0 spiro atoms. The molecule has 0 fully saturated rings. The van der Waals surface area contributed by atoms with Gasteiger partial charge in [-0.25, -0.2) is 5.43 Å². The standard InChI is InChI=1S/C20H20N4O2/c1-13-8-14(2)10-16(9-13)20(25)24-22-12-17-11-21-23-19(17)15-4-6-18(26-3)7-5-15/h4-12H,1-3H3,(H,21,23)(H,24,25)/b22-12+. The molecule has 3 rings (SSSR count). The molecule has 0 aliphatic heterocycles. The van der Waals surface area contributed by atoms with E-state index in [1.54, 1.807) is 19.5 Å². The monoisotopic (exact) mass is 348 g/mol. The van der Waals surface area contributed by atoms with Crippen molar-refractivity contribution in [3.8, 4) is 17.0 Å². The average Bonchev–Trinajstić information content (AvgIpc) is 3.09.